The molecule has 0 spiro atoms. The third kappa shape index (κ3) is 2.25. The van der Waals surface area contributed by atoms with Crippen LogP contribution < -0.4 is 0 Å². The molecule has 0 atom stereocenters. The summed E-state index contributed by atoms with van der Waals surface area (Å²) in [6.07, 6.45) is 8.12. The monoisotopic (exact) mass is 202 g/mol. The lowest BCUT2D eigenvalue weighted by Gasteiger charge is -2.26. The molecular formula is C13H18N2. The van der Waals surface area contributed by atoms with E-state index in [1.54, 1.807) is 0 Å². The van der Waals surface area contributed by atoms with Crippen LogP contribution in [0.15, 0.2) is 11.8 Å². The van der Waals surface area contributed by atoms with Crippen molar-refractivity contribution in [3.05, 3.63) is 28.9 Å². The highest BCUT2D eigenvalue weighted by Gasteiger charge is 2.18. The van der Waals surface area contributed by atoms with E-state index < -0.39 is 0 Å². The van der Waals surface area contributed by atoms with Gasteiger partial charge in [-0.15, -0.1) is 0 Å². The van der Waals surface area contributed by atoms with Gasteiger partial charge in [0.2, 0.25) is 0 Å². The Labute approximate surface area is 91.5 Å². The third-order valence-electron chi connectivity index (χ3n) is 3.22. The van der Waals surface area contributed by atoms with Crippen molar-refractivity contribution in [1.29, 1.82) is 0 Å². The summed E-state index contributed by atoms with van der Waals surface area (Å²) in [5.41, 5.74) is 4.52. The summed E-state index contributed by atoms with van der Waals surface area (Å²) in [7, 11) is 0. The van der Waals surface area contributed by atoms with Gasteiger partial charge in [-0.1, -0.05) is 12.0 Å². The highest BCUT2D eigenvalue weighted by atomic mass is 14.8. The van der Waals surface area contributed by atoms with Crippen LogP contribution in [0.25, 0.3) is 6.08 Å². The number of hydrogen-bond acceptors (Lipinski definition) is 2. The fourth-order valence-corrected chi connectivity index (χ4v) is 1.95. The summed E-state index contributed by atoms with van der Waals surface area (Å²) < 4.78 is 0. The Bertz CT molecular complexity index is 390. The van der Waals surface area contributed by atoms with E-state index in [9.17, 15) is 0 Å². The zero-order chi connectivity index (χ0) is 10.8. The van der Waals surface area contributed by atoms with Gasteiger partial charge in [0.25, 0.3) is 0 Å². The molecule has 0 aromatic carbocycles. The minimum atomic E-state index is 0.799. The Morgan fingerprint density at radius 1 is 1.40 bits per heavy atom. The molecule has 2 rings (SSSR count). The van der Waals surface area contributed by atoms with Crippen molar-refractivity contribution in [1.82, 2.24) is 9.97 Å². The van der Waals surface area contributed by atoms with E-state index in [2.05, 4.69) is 23.0 Å². The summed E-state index contributed by atoms with van der Waals surface area (Å²) >= 11 is 0. The van der Waals surface area contributed by atoms with Crippen molar-refractivity contribution in [2.75, 3.05) is 0 Å². The molecule has 15 heavy (non-hydrogen) atoms. The Morgan fingerprint density at radius 3 is 2.67 bits per heavy atom. The number of aromatic nitrogens is 2. The Balaban J connectivity index is 2.22. The van der Waals surface area contributed by atoms with Crippen molar-refractivity contribution < 1.29 is 0 Å². The number of nitrogens with zero attached hydrogens (tertiary/aromatic N) is 2. The second-order valence-electron chi connectivity index (χ2n) is 4.50. The first kappa shape index (κ1) is 10.3. The van der Waals surface area contributed by atoms with E-state index in [0.717, 1.165) is 23.0 Å². The van der Waals surface area contributed by atoms with Gasteiger partial charge >= 0.3 is 0 Å². The Morgan fingerprint density at radius 2 is 2.13 bits per heavy atom. The van der Waals surface area contributed by atoms with Gasteiger partial charge in [-0.25, -0.2) is 0 Å². The molecule has 0 radical (unpaired) electrons. The molecule has 0 bridgehead atoms. The van der Waals surface area contributed by atoms with Crippen LogP contribution in [0.3, 0.4) is 0 Å². The van der Waals surface area contributed by atoms with Gasteiger partial charge in [0.1, 0.15) is 0 Å². The van der Waals surface area contributed by atoms with Crippen molar-refractivity contribution in [3.8, 4) is 0 Å². The summed E-state index contributed by atoms with van der Waals surface area (Å²) in [4.78, 5) is 8.84. The average molecular weight is 202 g/mol. The molecule has 0 aliphatic heterocycles. The first-order valence-electron chi connectivity index (χ1n) is 5.65. The van der Waals surface area contributed by atoms with Gasteiger partial charge in [0.15, 0.2) is 0 Å². The minimum absolute atomic E-state index is 0.799. The van der Waals surface area contributed by atoms with Gasteiger partial charge in [-0.3, -0.25) is 9.97 Å². The van der Waals surface area contributed by atoms with E-state index in [1.165, 1.54) is 24.8 Å². The molecule has 1 aliphatic carbocycles. The summed E-state index contributed by atoms with van der Waals surface area (Å²) in [5.74, 6) is 0.799. The predicted molar refractivity (Wildman–Crippen MR) is 62.5 cm³/mol. The molecule has 0 saturated heterocycles. The predicted octanol–water partition coefficient (Wildman–Crippen LogP) is 3.30. The summed E-state index contributed by atoms with van der Waals surface area (Å²) in [6, 6.07) is 0. The highest BCUT2D eigenvalue weighted by molar-refractivity contribution is 5.51. The third-order valence-corrected chi connectivity index (χ3v) is 3.22. The molecule has 2 nitrogen and oxygen atoms in total. The zero-order valence-corrected chi connectivity index (χ0v) is 9.75. The molecular weight excluding hydrogens is 184 g/mol. The van der Waals surface area contributed by atoms with Crippen LogP contribution in [0.1, 0.15) is 43.3 Å². The molecule has 2 heteroatoms. The molecule has 1 saturated carbocycles. The van der Waals surface area contributed by atoms with Crippen LogP contribution >= 0.6 is 0 Å². The molecule has 80 valence electrons. The zero-order valence-electron chi connectivity index (χ0n) is 9.75. The van der Waals surface area contributed by atoms with E-state index in [1.807, 2.05) is 20.0 Å². The summed E-state index contributed by atoms with van der Waals surface area (Å²) in [5, 5.41) is 0. The molecule has 0 amide bonds. The maximum absolute atomic E-state index is 4.42. The SMILES string of the molecule is C/C(=C\c1ncc(C)nc1C)C1CCC1. The Hall–Kier alpha value is -1.18. The van der Waals surface area contributed by atoms with Crippen LogP contribution in [0.5, 0.6) is 0 Å². The van der Waals surface area contributed by atoms with E-state index in [-0.39, 0.29) is 0 Å². The minimum Gasteiger partial charge on any atom is -0.255 e. The standard InChI is InChI=1S/C13H18N2/c1-9(12-5-4-6-12)7-13-11(3)15-10(2)8-14-13/h7-8,12H,4-6H2,1-3H3/b9-7+. The second-order valence-corrected chi connectivity index (χ2v) is 4.50. The maximum atomic E-state index is 4.42. The van der Waals surface area contributed by atoms with E-state index in [4.69, 9.17) is 0 Å². The lowest BCUT2D eigenvalue weighted by molar-refractivity contribution is 0.370. The number of allylic oxidation sites excluding steroid dienone is 1. The van der Waals surface area contributed by atoms with Crippen LogP contribution in [0.4, 0.5) is 0 Å². The van der Waals surface area contributed by atoms with Crippen molar-refractivity contribution in [3.63, 3.8) is 0 Å². The van der Waals surface area contributed by atoms with E-state index in [0.29, 0.717) is 0 Å². The average Bonchev–Trinajstić information content (AvgIpc) is 2.07. The normalized spacial score (nSPS) is 17.7. The molecule has 0 unspecified atom stereocenters. The second kappa shape index (κ2) is 4.13. The highest BCUT2D eigenvalue weighted by Crippen LogP contribution is 2.33. The van der Waals surface area contributed by atoms with Gasteiger partial charge < -0.3 is 0 Å². The Kier molecular flexibility index (Phi) is 2.85. The molecule has 1 aliphatic rings. The van der Waals surface area contributed by atoms with Crippen LogP contribution in [-0.2, 0) is 0 Å². The van der Waals surface area contributed by atoms with Gasteiger partial charge in [-0.05, 0) is 45.6 Å². The molecule has 1 heterocycles. The number of aryl methyl sites for hydroxylation is 2. The maximum Gasteiger partial charge on any atom is 0.0841 e. The molecule has 1 aromatic heterocycles. The lowest BCUT2D eigenvalue weighted by Crippen LogP contribution is -2.12. The van der Waals surface area contributed by atoms with Crippen LogP contribution in [0, 0.1) is 19.8 Å². The smallest absolute Gasteiger partial charge is 0.0841 e. The van der Waals surface area contributed by atoms with E-state index >= 15 is 0 Å². The molecule has 1 fully saturated rings. The van der Waals surface area contributed by atoms with Crippen molar-refractivity contribution >= 4 is 6.08 Å². The van der Waals surface area contributed by atoms with Gasteiger partial charge in [-0.2, -0.15) is 0 Å². The van der Waals surface area contributed by atoms with Gasteiger partial charge in [0.05, 0.1) is 17.1 Å². The molecule has 1 aromatic rings. The molecule has 0 N–H and O–H groups in total. The van der Waals surface area contributed by atoms with Crippen molar-refractivity contribution in [2.45, 2.75) is 40.0 Å². The van der Waals surface area contributed by atoms with Crippen LogP contribution in [0.2, 0.25) is 0 Å². The number of hydrogen-bond donors (Lipinski definition) is 0. The fourth-order valence-electron chi connectivity index (χ4n) is 1.95. The first-order chi connectivity index (χ1) is 7.16. The number of rotatable bonds is 2. The van der Waals surface area contributed by atoms with Gasteiger partial charge in [0, 0.05) is 6.20 Å². The van der Waals surface area contributed by atoms with Crippen molar-refractivity contribution in [2.24, 2.45) is 5.92 Å². The quantitative estimate of drug-likeness (QED) is 0.735. The lowest BCUT2D eigenvalue weighted by atomic mass is 9.80. The summed E-state index contributed by atoms with van der Waals surface area (Å²) in [6.45, 7) is 6.22. The fraction of sp³-hybridized carbons (Fsp3) is 0.538. The first-order valence-corrected chi connectivity index (χ1v) is 5.65. The van der Waals surface area contributed by atoms with Crippen LogP contribution in [-0.4, -0.2) is 9.97 Å². The topological polar surface area (TPSA) is 25.8 Å². The largest absolute Gasteiger partial charge is 0.255 e.